The van der Waals surface area contributed by atoms with Gasteiger partial charge in [0.15, 0.2) is 5.96 Å². The van der Waals surface area contributed by atoms with Gasteiger partial charge >= 0.3 is 0 Å². The second-order valence-electron chi connectivity index (χ2n) is 5.35. The van der Waals surface area contributed by atoms with E-state index in [9.17, 15) is 0 Å². The van der Waals surface area contributed by atoms with E-state index in [4.69, 9.17) is 0 Å². The van der Waals surface area contributed by atoms with Crippen LogP contribution in [0.2, 0.25) is 0 Å². The number of likely N-dealkylation sites (N-methyl/N-ethyl adjacent to an activating group) is 1. The zero-order valence-electron chi connectivity index (χ0n) is 14.6. The lowest BCUT2D eigenvalue weighted by Gasteiger charge is -2.24. The van der Waals surface area contributed by atoms with E-state index in [1.165, 1.54) is 16.1 Å². The zero-order valence-corrected chi connectivity index (χ0v) is 17.7. The predicted molar refractivity (Wildman–Crippen MR) is 117 cm³/mol. The van der Waals surface area contributed by atoms with Crippen LogP contribution in [-0.2, 0) is 6.54 Å². The molecule has 1 heterocycles. The molecule has 2 rings (SSSR count). The molecule has 0 radical (unpaired) electrons. The van der Waals surface area contributed by atoms with Gasteiger partial charge in [0, 0.05) is 37.2 Å². The van der Waals surface area contributed by atoms with Gasteiger partial charge in [0.25, 0.3) is 0 Å². The summed E-state index contributed by atoms with van der Waals surface area (Å²) in [7, 11) is 1.81. The Morgan fingerprint density at radius 1 is 1.21 bits per heavy atom. The molecule has 0 amide bonds. The van der Waals surface area contributed by atoms with Gasteiger partial charge in [-0.05, 0) is 43.0 Å². The highest BCUT2D eigenvalue weighted by Crippen LogP contribution is 2.14. The lowest BCUT2D eigenvalue weighted by molar-refractivity contribution is 0.751. The maximum atomic E-state index is 4.28. The largest absolute Gasteiger partial charge is 0.370 e. The van der Waals surface area contributed by atoms with Crippen molar-refractivity contribution in [2.45, 2.75) is 20.4 Å². The average Bonchev–Trinajstić information content (AvgIpc) is 3.08. The van der Waals surface area contributed by atoms with Gasteiger partial charge in [0.05, 0.1) is 6.54 Å². The Balaban J connectivity index is 0.00000288. The van der Waals surface area contributed by atoms with E-state index in [1.54, 1.807) is 11.3 Å². The summed E-state index contributed by atoms with van der Waals surface area (Å²) in [6.45, 7) is 7.92. The molecule has 0 aliphatic carbocycles. The van der Waals surface area contributed by atoms with Crippen molar-refractivity contribution in [3.8, 4) is 0 Å². The number of nitrogens with zero attached hydrogens (tertiary/aromatic N) is 2. The average molecular weight is 458 g/mol. The van der Waals surface area contributed by atoms with Gasteiger partial charge in [-0.25, -0.2) is 0 Å². The second kappa shape index (κ2) is 11.3. The van der Waals surface area contributed by atoms with Crippen LogP contribution in [0.25, 0.3) is 0 Å². The Hall–Kier alpha value is -1.28. The van der Waals surface area contributed by atoms with Crippen LogP contribution in [0.1, 0.15) is 17.4 Å². The number of hydrogen-bond acceptors (Lipinski definition) is 3. The monoisotopic (exact) mass is 458 g/mol. The third-order valence-corrected chi connectivity index (χ3v) is 4.53. The predicted octanol–water partition coefficient (Wildman–Crippen LogP) is 3.87. The van der Waals surface area contributed by atoms with Crippen molar-refractivity contribution in [1.82, 2.24) is 10.6 Å². The molecule has 0 saturated carbocycles. The fourth-order valence-corrected chi connectivity index (χ4v) is 3.05. The molecule has 6 heteroatoms. The molecule has 0 fully saturated rings. The number of guanidine groups is 1. The van der Waals surface area contributed by atoms with Gasteiger partial charge in [-0.3, -0.25) is 4.99 Å². The Bertz CT molecular complexity index is 613. The number of rotatable bonds is 7. The third-order valence-electron chi connectivity index (χ3n) is 3.66. The van der Waals surface area contributed by atoms with E-state index >= 15 is 0 Å². The van der Waals surface area contributed by atoms with Crippen LogP contribution in [0.3, 0.4) is 0 Å². The van der Waals surface area contributed by atoms with Crippen LogP contribution in [0, 0.1) is 6.92 Å². The fourth-order valence-electron chi connectivity index (χ4n) is 2.41. The molecule has 24 heavy (non-hydrogen) atoms. The van der Waals surface area contributed by atoms with Crippen molar-refractivity contribution in [3.05, 3.63) is 52.2 Å². The van der Waals surface area contributed by atoms with E-state index in [0.29, 0.717) is 0 Å². The first-order valence-corrected chi connectivity index (χ1v) is 8.89. The minimum absolute atomic E-state index is 0. The highest BCUT2D eigenvalue weighted by Gasteiger charge is 2.05. The van der Waals surface area contributed by atoms with Crippen molar-refractivity contribution in [2.24, 2.45) is 4.99 Å². The lowest BCUT2D eigenvalue weighted by atomic mass is 10.2. The molecule has 2 aromatic rings. The molecule has 4 nitrogen and oxygen atoms in total. The normalized spacial score (nSPS) is 10.9. The number of halogens is 1. The minimum Gasteiger partial charge on any atom is -0.370 e. The Morgan fingerprint density at radius 3 is 2.67 bits per heavy atom. The Morgan fingerprint density at radius 2 is 2.04 bits per heavy atom. The number of hydrogen-bond donors (Lipinski definition) is 2. The van der Waals surface area contributed by atoms with Crippen LogP contribution < -0.4 is 15.5 Å². The molecular weight excluding hydrogens is 431 g/mol. The molecule has 0 aliphatic rings. The Kier molecular flexibility index (Phi) is 9.78. The summed E-state index contributed by atoms with van der Waals surface area (Å²) in [5.74, 6) is 0.846. The molecule has 0 bridgehead atoms. The van der Waals surface area contributed by atoms with Crippen molar-refractivity contribution in [3.63, 3.8) is 0 Å². The SMILES string of the molecule is CCN(CCNC(=NC)NCc1cccs1)c1cccc(C)c1.I. The van der Waals surface area contributed by atoms with Gasteiger partial charge in [-0.15, -0.1) is 35.3 Å². The number of nitrogens with one attached hydrogen (secondary N) is 2. The molecule has 132 valence electrons. The standard InChI is InChI=1S/C18H26N4S.HI/c1-4-22(16-8-5-7-15(2)13-16)11-10-20-18(19-3)21-14-17-9-6-12-23-17;/h5-9,12-13H,4,10-11,14H2,1-3H3,(H2,19,20,21);1H. The van der Waals surface area contributed by atoms with Crippen LogP contribution in [-0.4, -0.2) is 32.6 Å². The molecule has 0 spiro atoms. The highest BCUT2D eigenvalue weighted by molar-refractivity contribution is 14.0. The highest BCUT2D eigenvalue weighted by atomic mass is 127. The number of aliphatic imine (C=N–C) groups is 1. The van der Waals surface area contributed by atoms with Crippen molar-refractivity contribution >= 4 is 47.0 Å². The van der Waals surface area contributed by atoms with Crippen LogP contribution in [0.4, 0.5) is 5.69 Å². The first-order valence-electron chi connectivity index (χ1n) is 8.01. The van der Waals surface area contributed by atoms with Crippen LogP contribution in [0.15, 0.2) is 46.8 Å². The summed E-state index contributed by atoms with van der Waals surface area (Å²) < 4.78 is 0. The Labute approximate surface area is 166 Å². The molecule has 0 unspecified atom stereocenters. The molecular formula is C18H27IN4S. The van der Waals surface area contributed by atoms with Crippen LogP contribution in [0.5, 0.6) is 0 Å². The van der Waals surface area contributed by atoms with Crippen LogP contribution >= 0.6 is 35.3 Å². The number of aryl methyl sites for hydroxylation is 1. The molecule has 0 saturated heterocycles. The van der Waals surface area contributed by atoms with Crippen molar-refractivity contribution in [1.29, 1.82) is 0 Å². The number of benzene rings is 1. The van der Waals surface area contributed by atoms with Gasteiger partial charge in [0.1, 0.15) is 0 Å². The number of anilines is 1. The molecule has 0 aliphatic heterocycles. The molecule has 1 aromatic carbocycles. The molecule has 0 atom stereocenters. The molecule has 2 N–H and O–H groups in total. The summed E-state index contributed by atoms with van der Waals surface area (Å²) >= 11 is 1.75. The smallest absolute Gasteiger partial charge is 0.191 e. The van der Waals surface area contributed by atoms with Gasteiger partial charge < -0.3 is 15.5 Å². The van der Waals surface area contributed by atoms with E-state index in [-0.39, 0.29) is 24.0 Å². The summed E-state index contributed by atoms with van der Waals surface area (Å²) in [6, 6.07) is 12.8. The van der Waals surface area contributed by atoms with E-state index in [2.05, 4.69) is 76.2 Å². The molecule has 1 aromatic heterocycles. The van der Waals surface area contributed by atoms with Gasteiger partial charge in [-0.2, -0.15) is 0 Å². The third kappa shape index (κ3) is 6.68. The lowest BCUT2D eigenvalue weighted by Crippen LogP contribution is -2.41. The first kappa shape index (κ1) is 20.8. The van der Waals surface area contributed by atoms with Gasteiger partial charge in [-0.1, -0.05) is 18.2 Å². The van der Waals surface area contributed by atoms with E-state index in [0.717, 1.165) is 32.1 Å². The maximum absolute atomic E-state index is 4.28. The zero-order chi connectivity index (χ0) is 16.5. The fraction of sp³-hybridized carbons (Fsp3) is 0.389. The summed E-state index contributed by atoms with van der Waals surface area (Å²) in [6.07, 6.45) is 0. The maximum Gasteiger partial charge on any atom is 0.191 e. The minimum atomic E-state index is 0. The van der Waals surface area contributed by atoms with Crippen molar-refractivity contribution < 1.29 is 0 Å². The summed E-state index contributed by atoms with van der Waals surface area (Å²) in [4.78, 5) is 7.95. The van der Waals surface area contributed by atoms with Crippen molar-refractivity contribution in [2.75, 3.05) is 31.6 Å². The van der Waals surface area contributed by atoms with Gasteiger partial charge in [0.2, 0.25) is 0 Å². The summed E-state index contributed by atoms with van der Waals surface area (Å²) in [5, 5.41) is 8.82. The van der Waals surface area contributed by atoms with E-state index in [1.807, 2.05) is 7.05 Å². The first-order chi connectivity index (χ1) is 11.2. The summed E-state index contributed by atoms with van der Waals surface area (Å²) in [5.41, 5.74) is 2.57. The second-order valence-corrected chi connectivity index (χ2v) is 6.38. The topological polar surface area (TPSA) is 39.7 Å². The number of thiophene rings is 1. The van der Waals surface area contributed by atoms with E-state index < -0.39 is 0 Å². The quantitative estimate of drug-likeness (QED) is 0.376.